The van der Waals surface area contributed by atoms with E-state index in [1.807, 2.05) is 5.32 Å². The summed E-state index contributed by atoms with van der Waals surface area (Å²) < 4.78 is 44.8. The first-order valence-electron chi connectivity index (χ1n) is 7.09. The van der Waals surface area contributed by atoms with Crippen molar-refractivity contribution in [3.05, 3.63) is 45.8 Å². The van der Waals surface area contributed by atoms with Crippen LogP contribution in [0, 0.1) is 5.82 Å². The van der Waals surface area contributed by atoms with Gasteiger partial charge in [-0.25, -0.2) is 4.39 Å². The van der Waals surface area contributed by atoms with Crippen LogP contribution in [0.2, 0.25) is 0 Å². The molecule has 2 aromatic heterocycles. The van der Waals surface area contributed by atoms with Crippen LogP contribution in [-0.4, -0.2) is 22.4 Å². The molecule has 1 amide bonds. The van der Waals surface area contributed by atoms with Gasteiger partial charge in [-0.05, 0) is 12.1 Å². The molecule has 3 heterocycles. The number of nitrogens with one attached hydrogen (secondary N) is 3. The summed E-state index contributed by atoms with van der Waals surface area (Å²) in [5, 5.41) is 1.93. The minimum atomic E-state index is -2.62. The largest absolute Gasteiger partial charge is 0.358 e. The molecule has 0 fully saturated rings. The Bertz CT molecular complexity index is 843. The Balaban J connectivity index is 2.23. The van der Waals surface area contributed by atoms with Crippen molar-refractivity contribution >= 4 is 5.91 Å². The van der Waals surface area contributed by atoms with Gasteiger partial charge in [-0.1, -0.05) is 0 Å². The van der Waals surface area contributed by atoms with E-state index in [0.717, 1.165) is 0 Å². The van der Waals surface area contributed by atoms with Crippen molar-refractivity contribution in [1.29, 1.82) is 0 Å². The zero-order chi connectivity index (χ0) is 16.3. The maximum atomic E-state index is 13.9. The second kappa shape index (κ2) is 3.83. The number of hydrogen-bond donors (Lipinski definition) is 3. The first kappa shape index (κ1) is 7.15. The summed E-state index contributed by atoms with van der Waals surface area (Å²) in [6.45, 7) is -2.62. The predicted molar refractivity (Wildman–Crippen MR) is 62.8 cm³/mol. The monoisotopic (exact) mass is 251 g/mol. The number of aromatic amines is 2. The number of hydrogen-bond acceptors (Lipinski definition) is 2. The molecule has 0 aliphatic carbocycles. The number of H-pyrrole nitrogens is 2. The van der Waals surface area contributed by atoms with Crippen LogP contribution < -0.4 is 10.9 Å². The standard InChI is InChI=1S/C12H10FN3O2/c13-10-6(1-3-15-12(10)18)9-5-7-8(16-9)2-4-14-11(7)17/h1,3,5,16H,2,4H2,(H,14,17)(H,15,18)/i2D2,4D2. The van der Waals surface area contributed by atoms with Crippen LogP contribution in [0.5, 0.6) is 0 Å². The lowest BCUT2D eigenvalue weighted by atomic mass is 10.1. The number of aromatic nitrogens is 2. The molecule has 0 bridgehead atoms. The number of carbonyl (C=O) groups excluding carboxylic acids is 1. The van der Waals surface area contributed by atoms with Gasteiger partial charge in [0.05, 0.1) is 5.56 Å². The second-order valence-electron chi connectivity index (χ2n) is 3.71. The summed E-state index contributed by atoms with van der Waals surface area (Å²) in [5.74, 6) is -1.90. The van der Waals surface area contributed by atoms with E-state index in [-0.39, 0.29) is 22.5 Å². The van der Waals surface area contributed by atoms with Crippen LogP contribution in [0.15, 0.2) is 23.1 Å². The minimum absolute atomic E-state index is 0.0188. The van der Waals surface area contributed by atoms with Crippen molar-refractivity contribution in [2.75, 3.05) is 6.50 Å². The van der Waals surface area contributed by atoms with Crippen LogP contribution in [-0.2, 0) is 6.37 Å². The second-order valence-corrected chi connectivity index (χ2v) is 3.71. The van der Waals surface area contributed by atoms with E-state index in [9.17, 15) is 14.0 Å². The molecule has 0 aromatic carbocycles. The third kappa shape index (κ3) is 1.54. The molecular weight excluding hydrogens is 237 g/mol. The molecule has 92 valence electrons. The Kier molecular flexibility index (Phi) is 1.52. The molecule has 0 atom stereocenters. The molecule has 3 N–H and O–H groups in total. The van der Waals surface area contributed by atoms with Crippen LogP contribution in [0.1, 0.15) is 21.5 Å². The van der Waals surface area contributed by atoms with Crippen molar-refractivity contribution in [3.8, 4) is 11.3 Å². The van der Waals surface area contributed by atoms with E-state index in [0.29, 0.717) is 0 Å². The van der Waals surface area contributed by atoms with Crippen molar-refractivity contribution in [1.82, 2.24) is 15.3 Å². The summed E-state index contributed by atoms with van der Waals surface area (Å²) >= 11 is 0. The zero-order valence-electron chi connectivity index (χ0n) is 12.9. The smallest absolute Gasteiger partial charge is 0.284 e. The average Bonchev–Trinajstić information content (AvgIpc) is 2.86. The molecule has 6 heteroatoms. The minimum Gasteiger partial charge on any atom is -0.358 e. The van der Waals surface area contributed by atoms with Gasteiger partial charge in [-0.2, -0.15) is 0 Å². The lowest BCUT2D eigenvalue weighted by molar-refractivity contribution is 0.0946. The summed E-state index contributed by atoms with van der Waals surface area (Å²) in [5.41, 5.74) is -1.49. The maximum absolute atomic E-state index is 13.9. The van der Waals surface area contributed by atoms with Crippen LogP contribution >= 0.6 is 0 Å². The molecule has 3 rings (SSSR count). The van der Waals surface area contributed by atoms with E-state index in [1.54, 1.807) is 0 Å². The zero-order valence-corrected chi connectivity index (χ0v) is 8.93. The third-order valence-electron chi connectivity index (χ3n) is 2.62. The van der Waals surface area contributed by atoms with Gasteiger partial charge in [0.15, 0.2) is 5.82 Å². The number of amides is 1. The van der Waals surface area contributed by atoms with Gasteiger partial charge in [0.2, 0.25) is 0 Å². The van der Waals surface area contributed by atoms with Gasteiger partial charge in [0.1, 0.15) is 0 Å². The van der Waals surface area contributed by atoms with E-state index in [4.69, 9.17) is 5.48 Å². The molecule has 5 nitrogen and oxygen atoms in total. The molecule has 18 heavy (non-hydrogen) atoms. The third-order valence-corrected chi connectivity index (χ3v) is 2.62. The topological polar surface area (TPSA) is 77.8 Å². The Morgan fingerprint density at radius 2 is 2.17 bits per heavy atom. The van der Waals surface area contributed by atoms with Crippen molar-refractivity contribution < 1.29 is 14.7 Å². The summed E-state index contributed by atoms with van der Waals surface area (Å²) in [7, 11) is 0. The highest BCUT2D eigenvalue weighted by Gasteiger charge is 2.21. The van der Waals surface area contributed by atoms with Crippen LogP contribution in [0.25, 0.3) is 11.3 Å². The maximum Gasteiger partial charge on any atom is 0.284 e. The molecule has 0 saturated carbocycles. The summed E-state index contributed by atoms with van der Waals surface area (Å²) in [6, 6.07) is 2.45. The Morgan fingerprint density at radius 3 is 3.00 bits per heavy atom. The number of pyridine rings is 1. The molecule has 1 aliphatic rings. The molecule has 1 aliphatic heterocycles. The fraction of sp³-hybridized carbons (Fsp3) is 0.167. The Hall–Kier alpha value is -2.37. The molecule has 2 aromatic rings. The number of rotatable bonds is 1. The van der Waals surface area contributed by atoms with Gasteiger partial charge in [0, 0.05) is 41.5 Å². The number of carbonyl (C=O) groups is 1. The molecule has 0 unspecified atom stereocenters. The highest BCUT2D eigenvalue weighted by molar-refractivity contribution is 5.97. The fourth-order valence-electron chi connectivity index (χ4n) is 1.76. The normalized spacial score (nSPS) is 23.1. The first-order valence-corrected chi connectivity index (χ1v) is 5.09. The van der Waals surface area contributed by atoms with Gasteiger partial charge in [-0.3, -0.25) is 9.59 Å². The van der Waals surface area contributed by atoms with Crippen molar-refractivity contribution in [3.63, 3.8) is 0 Å². The van der Waals surface area contributed by atoms with E-state index in [1.165, 1.54) is 18.3 Å². The first-order chi connectivity index (χ1) is 10.1. The lowest BCUT2D eigenvalue weighted by Gasteiger charge is -2.10. The quantitative estimate of drug-likeness (QED) is 0.701. The fourth-order valence-corrected chi connectivity index (χ4v) is 1.76. The molecule has 0 saturated heterocycles. The van der Waals surface area contributed by atoms with Gasteiger partial charge in [-0.15, -0.1) is 0 Å². The van der Waals surface area contributed by atoms with Crippen LogP contribution in [0.3, 0.4) is 0 Å². The summed E-state index contributed by atoms with van der Waals surface area (Å²) in [6.07, 6.45) is -1.32. The van der Waals surface area contributed by atoms with E-state index >= 15 is 0 Å². The Morgan fingerprint density at radius 1 is 1.33 bits per heavy atom. The summed E-state index contributed by atoms with van der Waals surface area (Å²) in [4.78, 5) is 27.9. The van der Waals surface area contributed by atoms with E-state index < -0.39 is 30.2 Å². The molecular formula is C12H10FN3O2. The van der Waals surface area contributed by atoms with E-state index in [2.05, 4.69) is 9.97 Å². The highest BCUT2D eigenvalue weighted by Crippen LogP contribution is 2.24. The highest BCUT2D eigenvalue weighted by atomic mass is 19.1. The lowest BCUT2D eigenvalue weighted by Crippen LogP contribution is -2.31. The van der Waals surface area contributed by atoms with Gasteiger partial charge < -0.3 is 15.3 Å². The van der Waals surface area contributed by atoms with Crippen molar-refractivity contribution in [2.45, 2.75) is 6.37 Å². The van der Waals surface area contributed by atoms with Gasteiger partial charge >= 0.3 is 0 Å². The van der Waals surface area contributed by atoms with Crippen LogP contribution in [0.4, 0.5) is 4.39 Å². The number of aryl methyl sites for hydroxylation is 1. The predicted octanol–water partition coefficient (Wildman–Crippen LogP) is 0.795. The van der Waals surface area contributed by atoms with Crippen molar-refractivity contribution in [2.24, 2.45) is 0 Å². The number of fused-ring (bicyclic) bond motifs is 1. The number of halogens is 1. The Labute approximate surface area is 107 Å². The average molecular weight is 251 g/mol. The van der Waals surface area contributed by atoms with Gasteiger partial charge in [0.25, 0.3) is 11.5 Å². The SMILES string of the molecule is [2H]C1([2H])NC(=O)c2cc(-c3cc[nH]c(=O)c3F)[nH]c2C1([2H])[2H]. The molecule has 0 radical (unpaired) electrons. The molecule has 0 spiro atoms.